The van der Waals surface area contributed by atoms with E-state index in [2.05, 4.69) is 10.3 Å². The molecule has 0 amide bonds. The van der Waals surface area contributed by atoms with Gasteiger partial charge in [0.1, 0.15) is 5.82 Å². The largest absolute Gasteiger partial charge is 0.469 e. The summed E-state index contributed by atoms with van der Waals surface area (Å²) in [6, 6.07) is 0.0997. The third-order valence-electron chi connectivity index (χ3n) is 3.06. The SMILES string of the molecule is COC(=O)C(C)C(C)NCCc1nccn1C. The number of ether oxygens (including phenoxy) is 1. The molecule has 1 N–H and O–H groups in total. The maximum Gasteiger partial charge on any atom is 0.309 e. The number of carbonyl (C=O) groups is 1. The van der Waals surface area contributed by atoms with Gasteiger partial charge in [-0.25, -0.2) is 4.98 Å². The summed E-state index contributed by atoms with van der Waals surface area (Å²) in [4.78, 5) is 15.6. The molecule has 5 heteroatoms. The first kappa shape index (κ1) is 13.7. The predicted octanol–water partition coefficient (Wildman–Crippen LogP) is 0.750. The Balaban J connectivity index is 2.31. The molecule has 1 aromatic rings. The summed E-state index contributed by atoms with van der Waals surface area (Å²) >= 11 is 0. The molecule has 0 aliphatic rings. The van der Waals surface area contributed by atoms with Crippen molar-refractivity contribution in [2.24, 2.45) is 13.0 Å². The Morgan fingerprint density at radius 3 is 2.82 bits per heavy atom. The Hall–Kier alpha value is -1.36. The molecular weight excluding hydrogens is 218 g/mol. The zero-order valence-electron chi connectivity index (χ0n) is 10.9. The lowest BCUT2D eigenvalue weighted by molar-refractivity contribution is -0.145. The van der Waals surface area contributed by atoms with Gasteiger partial charge in [-0.3, -0.25) is 4.79 Å². The quantitative estimate of drug-likeness (QED) is 0.744. The molecule has 96 valence electrons. The minimum absolute atomic E-state index is 0.0997. The highest BCUT2D eigenvalue weighted by molar-refractivity contribution is 5.72. The number of nitrogens with zero attached hydrogens (tertiary/aromatic N) is 2. The average Bonchev–Trinajstić information content (AvgIpc) is 2.73. The first-order chi connectivity index (χ1) is 8.06. The number of aryl methyl sites for hydroxylation is 1. The van der Waals surface area contributed by atoms with Crippen LogP contribution in [0, 0.1) is 5.92 Å². The van der Waals surface area contributed by atoms with Crippen molar-refractivity contribution in [3.05, 3.63) is 18.2 Å². The lowest BCUT2D eigenvalue weighted by Gasteiger charge is -2.19. The van der Waals surface area contributed by atoms with E-state index >= 15 is 0 Å². The van der Waals surface area contributed by atoms with Gasteiger partial charge in [0.2, 0.25) is 0 Å². The lowest BCUT2D eigenvalue weighted by atomic mass is 10.0. The number of hydrogen-bond acceptors (Lipinski definition) is 4. The van der Waals surface area contributed by atoms with Crippen LogP contribution in [-0.4, -0.2) is 35.2 Å². The fraction of sp³-hybridized carbons (Fsp3) is 0.667. The topological polar surface area (TPSA) is 56.1 Å². The van der Waals surface area contributed by atoms with E-state index in [0.717, 1.165) is 18.8 Å². The third kappa shape index (κ3) is 3.85. The van der Waals surface area contributed by atoms with E-state index in [-0.39, 0.29) is 17.9 Å². The minimum Gasteiger partial charge on any atom is -0.469 e. The second kappa shape index (κ2) is 6.39. The van der Waals surface area contributed by atoms with Crippen molar-refractivity contribution in [1.82, 2.24) is 14.9 Å². The van der Waals surface area contributed by atoms with Gasteiger partial charge in [0, 0.05) is 38.4 Å². The lowest BCUT2D eigenvalue weighted by Crippen LogP contribution is -2.38. The Kier molecular flexibility index (Phi) is 5.15. The van der Waals surface area contributed by atoms with Gasteiger partial charge in [-0.15, -0.1) is 0 Å². The Morgan fingerprint density at radius 1 is 1.59 bits per heavy atom. The molecule has 0 aromatic carbocycles. The van der Waals surface area contributed by atoms with E-state index in [0.29, 0.717) is 0 Å². The summed E-state index contributed by atoms with van der Waals surface area (Å²) in [6.45, 7) is 4.65. The number of carbonyl (C=O) groups excluding carboxylic acids is 1. The van der Waals surface area contributed by atoms with Gasteiger partial charge in [0.05, 0.1) is 13.0 Å². The third-order valence-corrected chi connectivity index (χ3v) is 3.06. The zero-order chi connectivity index (χ0) is 12.8. The van der Waals surface area contributed by atoms with Crippen LogP contribution in [0.3, 0.4) is 0 Å². The van der Waals surface area contributed by atoms with E-state index < -0.39 is 0 Å². The molecule has 0 spiro atoms. The van der Waals surface area contributed by atoms with Gasteiger partial charge in [0.15, 0.2) is 0 Å². The van der Waals surface area contributed by atoms with Gasteiger partial charge < -0.3 is 14.6 Å². The number of hydrogen-bond donors (Lipinski definition) is 1. The predicted molar refractivity (Wildman–Crippen MR) is 65.6 cm³/mol. The normalized spacial score (nSPS) is 14.4. The summed E-state index contributed by atoms with van der Waals surface area (Å²) in [7, 11) is 3.39. The van der Waals surface area contributed by atoms with E-state index in [4.69, 9.17) is 4.74 Å². The van der Waals surface area contributed by atoms with E-state index in [1.807, 2.05) is 31.7 Å². The Morgan fingerprint density at radius 2 is 2.29 bits per heavy atom. The van der Waals surface area contributed by atoms with Crippen molar-refractivity contribution >= 4 is 5.97 Å². The molecule has 1 aromatic heterocycles. The van der Waals surface area contributed by atoms with Crippen LogP contribution in [0.25, 0.3) is 0 Å². The van der Waals surface area contributed by atoms with Crippen LogP contribution in [-0.2, 0) is 23.0 Å². The number of methoxy groups -OCH3 is 1. The number of esters is 1. The molecule has 1 heterocycles. The van der Waals surface area contributed by atoms with Crippen LogP contribution < -0.4 is 5.32 Å². The maximum atomic E-state index is 11.3. The summed E-state index contributed by atoms with van der Waals surface area (Å²) in [5.74, 6) is 0.721. The highest BCUT2D eigenvalue weighted by Crippen LogP contribution is 2.04. The van der Waals surface area contributed by atoms with Crippen LogP contribution in [0.2, 0.25) is 0 Å². The smallest absolute Gasteiger partial charge is 0.309 e. The van der Waals surface area contributed by atoms with Gasteiger partial charge in [0.25, 0.3) is 0 Å². The second-order valence-electron chi connectivity index (χ2n) is 4.26. The average molecular weight is 239 g/mol. The van der Waals surface area contributed by atoms with Crippen molar-refractivity contribution in [3.8, 4) is 0 Å². The molecule has 5 nitrogen and oxygen atoms in total. The summed E-state index contributed by atoms with van der Waals surface area (Å²) in [5, 5.41) is 3.31. The minimum atomic E-state index is -0.179. The molecule has 0 radical (unpaired) electrons. The summed E-state index contributed by atoms with van der Waals surface area (Å²) in [5.41, 5.74) is 0. The Bertz CT molecular complexity index is 362. The number of imidazole rings is 1. The molecule has 0 aliphatic carbocycles. The van der Waals surface area contributed by atoms with Crippen LogP contribution in [0.5, 0.6) is 0 Å². The van der Waals surface area contributed by atoms with Gasteiger partial charge >= 0.3 is 5.97 Å². The zero-order valence-corrected chi connectivity index (χ0v) is 10.9. The molecular formula is C12H21N3O2. The van der Waals surface area contributed by atoms with Crippen molar-refractivity contribution in [3.63, 3.8) is 0 Å². The van der Waals surface area contributed by atoms with E-state index in [1.165, 1.54) is 7.11 Å². The highest BCUT2D eigenvalue weighted by atomic mass is 16.5. The second-order valence-corrected chi connectivity index (χ2v) is 4.26. The molecule has 17 heavy (non-hydrogen) atoms. The fourth-order valence-electron chi connectivity index (χ4n) is 1.62. The van der Waals surface area contributed by atoms with Gasteiger partial charge in [-0.1, -0.05) is 6.92 Å². The molecule has 0 saturated heterocycles. The van der Waals surface area contributed by atoms with Gasteiger partial charge in [-0.2, -0.15) is 0 Å². The number of rotatable bonds is 6. The molecule has 0 fully saturated rings. The first-order valence-corrected chi connectivity index (χ1v) is 5.83. The van der Waals surface area contributed by atoms with Crippen LogP contribution in [0.1, 0.15) is 19.7 Å². The monoisotopic (exact) mass is 239 g/mol. The van der Waals surface area contributed by atoms with Crippen LogP contribution in [0.15, 0.2) is 12.4 Å². The number of nitrogens with one attached hydrogen (secondary N) is 1. The molecule has 2 unspecified atom stereocenters. The van der Waals surface area contributed by atoms with Crippen molar-refractivity contribution in [2.75, 3.05) is 13.7 Å². The van der Waals surface area contributed by atoms with E-state index in [1.54, 1.807) is 6.20 Å². The highest BCUT2D eigenvalue weighted by Gasteiger charge is 2.20. The Labute approximate surface area is 102 Å². The van der Waals surface area contributed by atoms with Crippen molar-refractivity contribution in [1.29, 1.82) is 0 Å². The first-order valence-electron chi connectivity index (χ1n) is 5.83. The molecule has 2 atom stereocenters. The molecule has 0 aliphatic heterocycles. The van der Waals surface area contributed by atoms with Crippen molar-refractivity contribution < 1.29 is 9.53 Å². The molecule has 0 saturated carbocycles. The molecule has 0 bridgehead atoms. The standard InChI is InChI=1S/C12H21N3O2/c1-9(12(16)17-4)10(2)13-6-5-11-14-7-8-15(11)3/h7-10,13H,5-6H2,1-4H3. The maximum absolute atomic E-state index is 11.3. The fourth-order valence-corrected chi connectivity index (χ4v) is 1.62. The van der Waals surface area contributed by atoms with Crippen LogP contribution >= 0.6 is 0 Å². The van der Waals surface area contributed by atoms with Gasteiger partial charge in [-0.05, 0) is 6.92 Å². The van der Waals surface area contributed by atoms with Crippen molar-refractivity contribution in [2.45, 2.75) is 26.3 Å². The summed E-state index contributed by atoms with van der Waals surface area (Å²) in [6.07, 6.45) is 4.56. The number of aromatic nitrogens is 2. The van der Waals surface area contributed by atoms with E-state index in [9.17, 15) is 4.79 Å². The van der Waals surface area contributed by atoms with Crippen LogP contribution in [0.4, 0.5) is 0 Å². The summed E-state index contributed by atoms with van der Waals surface area (Å²) < 4.78 is 6.71. The molecule has 1 rings (SSSR count).